The SMILES string of the molecule is Nc1cc(N)c(O[C]=O)c(N)c1. The molecular formula is C7H8N3O2. The summed E-state index contributed by atoms with van der Waals surface area (Å²) in [6.07, 6.45) is 0. The molecule has 63 valence electrons. The quantitative estimate of drug-likeness (QED) is 0.531. The van der Waals surface area contributed by atoms with Gasteiger partial charge in [0.25, 0.3) is 0 Å². The van der Waals surface area contributed by atoms with Crippen LogP contribution in [-0.2, 0) is 4.79 Å². The van der Waals surface area contributed by atoms with Crippen LogP contribution in [0.4, 0.5) is 17.1 Å². The predicted molar refractivity (Wildman–Crippen MR) is 46.0 cm³/mol. The van der Waals surface area contributed by atoms with Crippen molar-refractivity contribution in [2.75, 3.05) is 17.2 Å². The second-order valence-electron chi connectivity index (χ2n) is 2.21. The molecule has 5 nitrogen and oxygen atoms in total. The van der Waals surface area contributed by atoms with E-state index >= 15 is 0 Å². The van der Waals surface area contributed by atoms with E-state index in [2.05, 4.69) is 4.74 Å². The highest BCUT2D eigenvalue weighted by Crippen LogP contribution is 2.30. The Hall–Kier alpha value is -1.91. The van der Waals surface area contributed by atoms with Crippen LogP contribution < -0.4 is 21.9 Å². The van der Waals surface area contributed by atoms with E-state index in [-0.39, 0.29) is 17.1 Å². The van der Waals surface area contributed by atoms with E-state index in [0.29, 0.717) is 5.69 Å². The van der Waals surface area contributed by atoms with Crippen LogP contribution in [0.5, 0.6) is 5.75 Å². The van der Waals surface area contributed by atoms with Gasteiger partial charge < -0.3 is 21.9 Å². The fourth-order valence-electron chi connectivity index (χ4n) is 0.858. The number of benzene rings is 1. The molecule has 0 aliphatic carbocycles. The summed E-state index contributed by atoms with van der Waals surface area (Å²) >= 11 is 0. The van der Waals surface area contributed by atoms with Crippen molar-refractivity contribution in [1.29, 1.82) is 0 Å². The standard InChI is InChI=1S/C7H8N3O2/c8-4-1-5(9)7(12-3-11)6(10)2-4/h1-2H,8-10H2. The third kappa shape index (κ3) is 1.39. The molecular weight excluding hydrogens is 158 g/mol. The van der Waals surface area contributed by atoms with Gasteiger partial charge in [0.2, 0.25) is 0 Å². The molecule has 0 aliphatic heterocycles. The molecule has 0 heterocycles. The Labute approximate surface area is 69.1 Å². The highest BCUT2D eigenvalue weighted by Gasteiger charge is 2.06. The third-order valence-electron chi connectivity index (χ3n) is 1.31. The number of hydrogen-bond acceptors (Lipinski definition) is 5. The number of rotatable bonds is 2. The highest BCUT2D eigenvalue weighted by molar-refractivity contribution is 5.75. The van der Waals surface area contributed by atoms with Gasteiger partial charge >= 0.3 is 6.47 Å². The molecule has 12 heavy (non-hydrogen) atoms. The van der Waals surface area contributed by atoms with Crippen LogP contribution in [0, 0.1) is 0 Å². The average Bonchev–Trinajstić information content (AvgIpc) is 1.96. The van der Waals surface area contributed by atoms with Crippen LogP contribution in [0.25, 0.3) is 0 Å². The van der Waals surface area contributed by atoms with E-state index < -0.39 is 0 Å². The predicted octanol–water partition coefficient (Wildman–Crippen LogP) is -0.121. The molecule has 1 rings (SSSR count). The van der Waals surface area contributed by atoms with Gasteiger partial charge in [0.15, 0.2) is 5.75 Å². The van der Waals surface area contributed by atoms with Crippen LogP contribution in [0.1, 0.15) is 0 Å². The van der Waals surface area contributed by atoms with Crippen LogP contribution >= 0.6 is 0 Å². The second kappa shape index (κ2) is 3.00. The molecule has 0 unspecified atom stereocenters. The number of carbonyl (C=O) groups excluding carboxylic acids is 1. The number of ether oxygens (including phenoxy) is 1. The average molecular weight is 166 g/mol. The van der Waals surface area contributed by atoms with Gasteiger partial charge in [0, 0.05) is 5.69 Å². The van der Waals surface area contributed by atoms with Crippen molar-refractivity contribution in [1.82, 2.24) is 0 Å². The van der Waals surface area contributed by atoms with Crippen LogP contribution in [0.3, 0.4) is 0 Å². The summed E-state index contributed by atoms with van der Waals surface area (Å²) in [6, 6.07) is 2.89. The van der Waals surface area contributed by atoms with Gasteiger partial charge in [0.05, 0.1) is 11.4 Å². The molecule has 0 saturated carbocycles. The minimum atomic E-state index is 0.0965. The largest absolute Gasteiger partial charge is 0.423 e. The summed E-state index contributed by atoms with van der Waals surface area (Å²) in [6.45, 7) is 1.23. The fourth-order valence-corrected chi connectivity index (χ4v) is 0.858. The Balaban J connectivity index is 3.18. The Morgan fingerprint density at radius 3 is 2.08 bits per heavy atom. The first-order valence-electron chi connectivity index (χ1n) is 3.13. The Morgan fingerprint density at radius 2 is 1.67 bits per heavy atom. The lowest BCUT2D eigenvalue weighted by atomic mass is 10.2. The number of nitrogen functional groups attached to an aromatic ring is 3. The first kappa shape index (κ1) is 8.19. The summed E-state index contributed by atoms with van der Waals surface area (Å²) in [5.41, 5.74) is 17.2. The van der Waals surface area contributed by atoms with E-state index in [1.165, 1.54) is 18.6 Å². The van der Waals surface area contributed by atoms with Crippen molar-refractivity contribution in [2.45, 2.75) is 0 Å². The highest BCUT2D eigenvalue weighted by atomic mass is 16.5. The smallest absolute Gasteiger partial charge is 0.414 e. The van der Waals surface area contributed by atoms with Gasteiger partial charge in [-0.1, -0.05) is 0 Å². The van der Waals surface area contributed by atoms with Crippen molar-refractivity contribution in [3.05, 3.63) is 12.1 Å². The zero-order valence-electron chi connectivity index (χ0n) is 6.20. The fraction of sp³-hybridized carbons (Fsp3) is 0. The molecule has 1 radical (unpaired) electrons. The Kier molecular flexibility index (Phi) is 2.05. The van der Waals surface area contributed by atoms with Gasteiger partial charge in [-0.2, -0.15) is 0 Å². The third-order valence-corrected chi connectivity index (χ3v) is 1.31. The van der Waals surface area contributed by atoms with Crippen LogP contribution in [-0.4, -0.2) is 6.47 Å². The van der Waals surface area contributed by atoms with E-state index in [4.69, 9.17) is 17.2 Å². The topological polar surface area (TPSA) is 104 Å². The van der Waals surface area contributed by atoms with Crippen LogP contribution in [0.2, 0.25) is 0 Å². The van der Waals surface area contributed by atoms with Crippen LogP contribution in [0.15, 0.2) is 12.1 Å². The molecule has 0 atom stereocenters. The normalized spacial score (nSPS) is 9.33. The molecule has 1 aromatic rings. The molecule has 5 heteroatoms. The minimum Gasteiger partial charge on any atom is -0.414 e. The molecule has 6 N–H and O–H groups in total. The van der Waals surface area contributed by atoms with Gasteiger partial charge in [-0.3, -0.25) is 0 Å². The van der Waals surface area contributed by atoms with Crippen molar-refractivity contribution in [3.63, 3.8) is 0 Å². The van der Waals surface area contributed by atoms with Crippen molar-refractivity contribution in [2.24, 2.45) is 0 Å². The number of nitrogens with two attached hydrogens (primary N) is 3. The molecule has 1 aromatic carbocycles. The van der Waals surface area contributed by atoms with E-state index in [0.717, 1.165) is 0 Å². The van der Waals surface area contributed by atoms with Gasteiger partial charge in [-0.05, 0) is 12.1 Å². The maximum absolute atomic E-state index is 9.87. The zero-order valence-corrected chi connectivity index (χ0v) is 6.20. The molecule has 0 aliphatic rings. The van der Waals surface area contributed by atoms with E-state index in [1.807, 2.05) is 0 Å². The van der Waals surface area contributed by atoms with Gasteiger partial charge in [-0.15, -0.1) is 0 Å². The Morgan fingerprint density at radius 1 is 1.17 bits per heavy atom. The van der Waals surface area contributed by atoms with E-state index in [9.17, 15) is 4.79 Å². The first-order chi connectivity index (χ1) is 5.65. The van der Waals surface area contributed by atoms with Gasteiger partial charge in [-0.25, -0.2) is 4.79 Å². The number of hydrogen-bond donors (Lipinski definition) is 3. The molecule has 0 spiro atoms. The maximum Gasteiger partial charge on any atom is 0.423 e. The first-order valence-corrected chi connectivity index (χ1v) is 3.13. The molecule has 0 amide bonds. The minimum absolute atomic E-state index is 0.0965. The summed E-state index contributed by atoms with van der Waals surface area (Å²) < 4.78 is 4.41. The molecule has 0 aromatic heterocycles. The lowest BCUT2D eigenvalue weighted by Gasteiger charge is -2.06. The second-order valence-corrected chi connectivity index (χ2v) is 2.21. The van der Waals surface area contributed by atoms with E-state index in [1.54, 1.807) is 0 Å². The van der Waals surface area contributed by atoms with Crippen molar-refractivity contribution < 1.29 is 9.53 Å². The lowest BCUT2D eigenvalue weighted by molar-refractivity contribution is 0.445. The zero-order chi connectivity index (χ0) is 9.14. The maximum atomic E-state index is 9.87. The molecule has 0 saturated heterocycles. The summed E-state index contributed by atoms with van der Waals surface area (Å²) in [5.74, 6) is 0.0965. The molecule has 0 fully saturated rings. The Bertz CT molecular complexity index is 289. The summed E-state index contributed by atoms with van der Waals surface area (Å²) in [4.78, 5) is 9.87. The lowest BCUT2D eigenvalue weighted by Crippen LogP contribution is -2.01. The van der Waals surface area contributed by atoms with Crippen molar-refractivity contribution >= 4 is 23.5 Å². The monoisotopic (exact) mass is 166 g/mol. The number of anilines is 3. The van der Waals surface area contributed by atoms with Gasteiger partial charge in [0.1, 0.15) is 0 Å². The summed E-state index contributed by atoms with van der Waals surface area (Å²) in [5, 5.41) is 0. The molecule has 0 bridgehead atoms. The van der Waals surface area contributed by atoms with Crippen molar-refractivity contribution in [3.8, 4) is 5.75 Å². The summed E-state index contributed by atoms with van der Waals surface area (Å²) in [7, 11) is 0.